The Labute approximate surface area is 117 Å². The lowest BCUT2D eigenvalue weighted by atomic mass is 10.1. The average Bonchev–Trinajstić information content (AvgIpc) is 2.42. The molecule has 0 saturated carbocycles. The van der Waals surface area contributed by atoms with Crippen LogP contribution in [0, 0.1) is 16.0 Å². The second kappa shape index (κ2) is 7.61. The van der Waals surface area contributed by atoms with Crippen LogP contribution in [0.15, 0.2) is 12.1 Å². The van der Waals surface area contributed by atoms with E-state index in [-0.39, 0.29) is 23.5 Å². The van der Waals surface area contributed by atoms with Crippen LogP contribution in [-0.4, -0.2) is 29.2 Å². The molecule has 1 heterocycles. The van der Waals surface area contributed by atoms with Crippen LogP contribution in [-0.2, 0) is 4.74 Å². The predicted octanol–water partition coefficient (Wildman–Crippen LogP) is 1.75. The minimum Gasteiger partial charge on any atom is -0.380 e. The van der Waals surface area contributed by atoms with Gasteiger partial charge in [-0.1, -0.05) is 13.8 Å². The fraction of sp³-hybridized carbons (Fsp3) is 0.583. The number of hydrogen-bond donors (Lipinski definition) is 3. The van der Waals surface area contributed by atoms with E-state index in [9.17, 15) is 10.1 Å². The molecule has 0 fully saturated rings. The molecule has 112 valence electrons. The monoisotopic (exact) mass is 283 g/mol. The van der Waals surface area contributed by atoms with Gasteiger partial charge in [-0.2, -0.15) is 0 Å². The van der Waals surface area contributed by atoms with Gasteiger partial charge >= 0.3 is 0 Å². The number of rotatable bonds is 8. The van der Waals surface area contributed by atoms with Crippen molar-refractivity contribution in [3.8, 4) is 0 Å². The highest BCUT2D eigenvalue weighted by molar-refractivity contribution is 5.54. The van der Waals surface area contributed by atoms with Gasteiger partial charge in [0.15, 0.2) is 0 Å². The quantitative estimate of drug-likeness (QED) is 0.378. The molecule has 0 aromatic carbocycles. The Kier molecular flexibility index (Phi) is 6.13. The van der Waals surface area contributed by atoms with Crippen LogP contribution >= 0.6 is 0 Å². The Morgan fingerprint density at radius 3 is 2.60 bits per heavy atom. The Bertz CT molecular complexity index is 453. The van der Waals surface area contributed by atoms with E-state index in [1.165, 1.54) is 12.1 Å². The van der Waals surface area contributed by atoms with Crippen molar-refractivity contribution < 1.29 is 9.66 Å². The molecule has 20 heavy (non-hydrogen) atoms. The Hall–Kier alpha value is -1.93. The molecule has 0 aliphatic heterocycles. The number of nitrogen functional groups attached to an aromatic ring is 1. The Morgan fingerprint density at radius 1 is 1.45 bits per heavy atom. The lowest BCUT2D eigenvalue weighted by molar-refractivity contribution is -0.384. The van der Waals surface area contributed by atoms with Crippen molar-refractivity contribution in [1.29, 1.82) is 0 Å². The summed E-state index contributed by atoms with van der Waals surface area (Å²) in [7, 11) is 0. The van der Waals surface area contributed by atoms with Crippen LogP contribution in [0.5, 0.6) is 0 Å². The summed E-state index contributed by atoms with van der Waals surface area (Å²) in [5.74, 6) is 6.19. The van der Waals surface area contributed by atoms with Crippen molar-refractivity contribution in [2.45, 2.75) is 26.8 Å². The molecular weight excluding hydrogens is 262 g/mol. The van der Waals surface area contributed by atoms with Gasteiger partial charge in [0.05, 0.1) is 29.7 Å². The molecule has 0 saturated heterocycles. The molecule has 0 aliphatic rings. The zero-order valence-corrected chi connectivity index (χ0v) is 11.9. The first-order valence-electron chi connectivity index (χ1n) is 6.45. The van der Waals surface area contributed by atoms with Gasteiger partial charge in [0.2, 0.25) is 0 Å². The van der Waals surface area contributed by atoms with Gasteiger partial charge in [-0.25, -0.2) is 10.8 Å². The molecule has 0 amide bonds. The highest BCUT2D eigenvalue weighted by Gasteiger charge is 2.17. The van der Waals surface area contributed by atoms with Gasteiger partial charge in [-0.3, -0.25) is 10.1 Å². The summed E-state index contributed by atoms with van der Waals surface area (Å²) in [6.07, 6.45) is 0. The van der Waals surface area contributed by atoms with Crippen LogP contribution in [0.25, 0.3) is 0 Å². The third-order valence-electron chi connectivity index (χ3n) is 2.81. The maximum Gasteiger partial charge on any atom is 0.276 e. The van der Waals surface area contributed by atoms with E-state index in [0.29, 0.717) is 19.0 Å². The molecule has 1 aromatic rings. The third kappa shape index (κ3) is 4.63. The molecule has 8 heteroatoms. The first-order valence-corrected chi connectivity index (χ1v) is 6.45. The first kappa shape index (κ1) is 16.1. The van der Waals surface area contributed by atoms with E-state index in [2.05, 4.69) is 15.7 Å². The van der Waals surface area contributed by atoms with E-state index >= 15 is 0 Å². The van der Waals surface area contributed by atoms with Gasteiger partial charge < -0.3 is 15.5 Å². The topological polar surface area (TPSA) is 115 Å². The summed E-state index contributed by atoms with van der Waals surface area (Å²) in [6, 6.07) is 2.66. The number of nitro groups is 1. The zero-order valence-electron chi connectivity index (χ0n) is 11.9. The predicted molar refractivity (Wildman–Crippen MR) is 77.4 cm³/mol. The number of aromatic nitrogens is 1. The largest absolute Gasteiger partial charge is 0.380 e. The van der Waals surface area contributed by atoms with Crippen LogP contribution in [0.3, 0.4) is 0 Å². The van der Waals surface area contributed by atoms with E-state index in [0.717, 1.165) is 0 Å². The molecule has 8 nitrogen and oxygen atoms in total. The van der Waals surface area contributed by atoms with Gasteiger partial charge in [-0.15, -0.1) is 0 Å². The molecular formula is C12H21N5O3. The van der Waals surface area contributed by atoms with Crippen molar-refractivity contribution in [2.24, 2.45) is 11.8 Å². The van der Waals surface area contributed by atoms with Crippen LogP contribution < -0.4 is 16.6 Å². The molecule has 1 unspecified atom stereocenters. The summed E-state index contributed by atoms with van der Waals surface area (Å²) in [5.41, 5.74) is 2.25. The number of anilines is 2. The summed E-state index contributed by atoms with van der Waals surface area (Å²) >= 11 is 0. The molecule has 4 N–H and O–H groups in total. The van der Waals surface area contributed by atoms with Crippen LogP contribution in [0.4, 0.5) is 17.3 Å². The first-order chi connectivity index (χ1) is 9.47. The summed E-state index contributed by atoms with van der Waals surface area (Å²) in [6.45, 7) is 7.11. The zero-order chi connectivity index (χ0) is 15.1. The number of nitrogens with two attached hydrogens (primary N) is 1. The highest BCUT2D eigenvalue weighted by Crippen LogP contribution is 2.21. The molecule has 0 spiro atoms. The Morgan fingerprint density at radius 2 is 2.10 bits per heavy atom. The molecule has 1 atom stereocenters. The molecule has 0 aliphatic carbocycles. The lowest BCUT2D eigenvalue weighted by Gasteiger charge is -2.22. The number of ether oxygens (including phenoxy) is 1. The summed E-state index contributed by atoms with van der Waals surface area (Å²) < 4.78 is 5.40. The van der Waals surface area contributed by atoms with Crippen molar-refractivity contribution >= 4 is 17.3 Å². The van der Waals surface area contributed by atoms with Crippen molar-refractivity contribution in [3.05, 3.63) is 22.2 Å². The second-order valence-electron chi connectivity index (χ2n) is 4.65. The number of nitrogens with zero attached hydrogens (tertiary/aromatic N) is 2. The van der Waals surface area contributed by atoms with E-state index in [1.807, 2.05) is 20.8 Å². The molecule has 1 rings (SSSR count). The number of hydrazine groups is 1. The number of nitrogens with one attached hydrogen (secondary N) is 2. The number of hydrogen-bond acceptors (Lipinski definition) is 7. The normalized spacial score (nSPS) is 12.2. The van der Waals surface area contributed by atoms with Crippen molar-refractivity contribution in [2.75, 3.05) is 24.0 Å². The Balaban J connectivity index is 2.93. The highest BCUT2D eigenvalue weighted by atomic mass is 16.6. The maximum atomic E-state index is 10.9. The third-order valence-corrected chi connectivity index (χ3v) is 2.81. The number of pyridine rings is 1. The smallest absolute Gasteiger partial charge is 0.276 e. The SMILES string of the molecule is CCOCC(Nc1cc([N+](=O)[O-])cc(NN)n1)C(C)C. The lowest BCUT2D eigenvalue weighted by Crippen LogP contribution is -2.31. The van der Waals surface area contributed by atoms with E-state index < -0.39 is 4.92 Å². The van der Waals surface area contributed by atoms with Gasteiger partial charge in [0.1, 0.15) is 11.6 Å². The maximum absolute atomic E-state index is 10.9. The van der Waals surface area contributed by atoms with E-state index in [1.54, 1.807) is 0 Å². The average molecular weight is 283 g/mol. The van der Waals surface area contributed by atoms with Gasteiger partial charge in [0.25, 0.3) is 5.69 Å². The summed E-state index contributed by atoms with van der Waals surface area (Å²) in [5, 5.41) is 14.0. The van der Waals surface area contributed by atoms with E-state index in [4.69, 9.17) is 10.6 Å². The molecule has 1 aromatic heterocycles. The van der Waals surface area contributed by atoms with Gasteiger partial charge in [-0.05, 0) is 12.8 Å². The minimum absolute atomic E-state index is 0.00933. The van der Waals surface area contributed by atoms with Crippen molar-refractivity contribution in [1.82, 2.24) is 4.98 Å². The molecule has 0 radical (unpaired) electrons. The standard InChI is InChI=1S/C12H21N5O3/c1-4-20-7-10(8(2)3)14-11-5-9(17(18)19)6-12(15-11)16-13/h5-6,8,10H,4,7,13H2,1-3H3,(H2,14,15,16). The van der Waals surface area contributed by atoms with Gasteiger partial charge in [0, 0.05) is 6.61 Å². The fourth-order valence-corrected chi connectivity index (χ4v) is 1.60. The summed E-state index contributed by atoms with van der Waals surface area (Å²) in [4.78, 5) is 14.5. The fourth-order valence-electron chi connectivity index (χ4n) is 1.60. The van der Waals surface area contributed by atoms with Crippen LogP contribution in [0.1, 0.15) is 20.8 Å². The molecule has 0 bridgehead atoms. The second-order valence-corrected chi connectivity index (χ2v) is 4.65. The van der Waals surface area contributed by atoms with Crippen molar-refractivity contribution in [3.63, 3.8) is 0 Å². The van der Waals surface area contributed by atoms with Crippen LogP contribution in [0.2, 0.25) is 0 Å². The minimum atomic E-state index is -0.485.